The summed E-state index contributed by atoms with van der Waals surface area (Å²) in [5.41, 5.74) is -0.584. The maximum Gasteiger partial charge on any atom is 0.303 e. The van der Waals surface area contributed by atoms with Crippen molar-refractivity contribution in [2.45, 2.75) is 62.8 Å². The number of anilines is 1. The molecule has 34 heavy (non-hydrogen) atoms. The smallest absolute Gasteiger partial charge is 0.303 e. The van der Waals surface area contributed by atoms with E-state index < -0.39 is 40.5 Å². The number of methoxy groups -OCH3 is 1. The molecule has 1 unspecified atom stereocenters. The number of likely N-dealkylation sites (N-methyl/N-ethyl adjacent to an activating group) is 1. The highest BCUT2D eigenvalue weighted by atomic mass is 16.6. The zero-order chi connectivity index (χ0) is 24.5. The van der Waals surface area contributed by atoms with Gasteiger partial charge in [0.1, 0.15) is 18.5 Å². The predicted octanol–water partition coefficient (Wildman–Crippen LogP) is 2.03. The summed E-state index contributed by atoms with van der Waals surface area (Å²) < 4.78 is 17.0. The van der Waals surface area contributed by atoms with Crippen LogP contribution in [0.4, 0.5) is 5.69 Å². The van der Waals surface area contributed by atoms with Crippen LogP contribution >= 0.6 is 0 Å². The number of nitrogens with zero attached hydrogens (tertiary/aromatic N) is 2. The molecule has 1 aromatic carbocycles. The molecule has 0 radical (unpaired) electrons. The molecule has 6 atom stereocenters. The minimum atomic E-state index is -1.64. The molecule has 8 heteroatoms. The van der Waals surface area contributed by atoms with E-state index in [0.717, 1.165) is 36.5 Å². The van der Waals surface area contributed by atoms with Crippen LogP contribution in [0.5, 0.6) is 5.75 Å². The molecule has 1 aromatic rings. The predicted molar refractivity (Wildman–Crippen MR) is 126 cm³/mol. The number of hydrogen-bond donors (Lipinski definition) is 1. The second-order valence-corrected chi connectivity index (χ2v) is 10.2. The minimum Gasteiger partial charge on any atom is -0.497 e. The van der Waals surface area contributed by atoms with Crippen LogP contribution in [0.1, 0.15) is 39.2 Å². The third-order valence-corrected chi connectivity index (χ3v) is 8.72. The summed E-state index contributed by atoms with van der Waals surface area (Å²) in [6.07, 6.45) is 4.88. The zero-order valence-corrected chi connectivity index (χ0v) is 20.5. The Balaban J connectivity index is 1.81. The van der Waals surface area contributed by atoms with Crippen LogP contribution in [0.15, 0.2) is 30.4 Å². The molecule has 2 fully saturated rings. The summed E-state index contributed by atoms with van der Waals surface area (Å²) in [6.45, 7) is 6.20. The number of fused-ring (bicyclic) bond motifs is 1. The molecule has 0 amide bonds. The molecular weight excluding hydrogens is 436 g/mol. The zero-order valence-electron chi connectivity index (χ0n) is 20.5. The van der Waals surface area contributed by atoms with Gasteiger partial charge in [-0.1, -0.05) is 25.1 Å². The van der Waals surface area contributed by atoms with Crippen LogP contribution in [-0.2, 0) is 24.5 Å². The molecule has 1 saturated carbocycles. The quantitative estimate of drug-likeness (QED) is 0.517. The Kier molecular flexibility index (Phi) is 5.26. The normalized spacial score (nSPS) is 37.6. The molecular formula is C26H34N2O6. The van der Waals surface area contributed by atoms with Crippen LogP contribution < -0.4 is 9.64 Å². The van der Waals surface area contributed by atoms with Crippen molar-refractivity contribution < 1.29 is 28.9 Å². The van der Waals surface area contributed by atoms with Crippen molar-refractivity contribution in [2.24, 2.45) is 5.41 Å². The van der Waals surface area contributed by atoms with Gasteiger partial charge < -0.3 is 24.2 Å². The Hall–Kier alpha value is -2.58. The molecule has 1 N–H and O–H groups in total. The van der Waals surface area contributed by atoms with Crippen molar-refractivity contribution in [1.82, 2.24) is 4.90 Å². The highest BCUT2D eigenvalue weighted by Gasteiger charge is 2.78. The van der Waals surface area contributed by atoms with Gasteiger partial charge in [0.25, 0.3) is 0 Å². The first-order valence-corrected chi connectivity index (χ1v) is 12.0. The summed E-state index contributed by atoms with van der Waals surface area (Å²) >= 11 is 0. The molecule has 4 aliphatic rings. The summed E-state index contributed by atoms with van der Waals surface area (Å²) in [7, 11) is 3.60. The van der Waals surface area contributed by atoms with Gasteiger partial charge in [-0.05, 0) is 31.0 Å². The first kappa shape index (κ1) is 23.2. The molecule has 184 valence electrons. The average Bonchev–Trinajstić information content (AvgIpc) is 3.32. The SMILES string of the molecule is CC[C@]12C=CCN3CC[C@@]4(c5ccc(OC)cc5N(C)[C@H]4[C@@](O)(COC(C)=O)[C@@H]1OC(C)=O)C32. The van der Waals surface area contributed by atoms with Crippen LogP contribution in [0, 0.1) is 5.41 Å². The lowest BCUT2D eigenvalue weighted by atomic mass is 9.48. The second-order valence-electron chi connectivity index (χ2n) is 10.2. The fourth-order valence-electron chi connectivity index (χ4n) is 7.83. The van der Waals surface area contributed by atoms with E-state index in [1.165, 1.54) is 13.8 Å². The van der Waals surface area contributed by atoms with Crippen molar-refractivity contribution in [3.63, 3.8) is 0 Å². The van der Waals surface area contributed by atoms with E-state index in [1.807, 2.05) is 19.2 Å². The van der Waals surface area contributed by atoms with Gasteiger partial charge in [0, 0.05) is 56.1 Å². The van der Waals surface area contributed by atoms with E-state index in [2.05, 4.69) is 34.9 Å². The fourth-order valence-corrected chi connectivity index (χ4v) is 7.83. The van der Waals surface area contributed by atoms with Gasteiger partial charge in [0.2, 0.25) is 0 Å². The van der Waals surface area contributed by atoms with Gasteiger partial charge in [-0.2, -0.15) is 0 Å². The number of ether oxygens (including phenoxy) is 3. The van der Waals surface area contributed by atoms with E-state index >= 15 is 0 Å². The molecule has 1 saturated heterocycles. The molecule has 1 aliphatic carbocycles. The molecule has 5 rings (SSSR count). The summed E-state index contributed by atoms with van der Waals surface area (Å²) in [5, 5.41) is 12.6. The second kappa shape index (κ2) is 7.71. The largest absolute Gasteiger partial charge is 0.497 e. The van der Waals surface area contributed by atoms with Gasteiger partial charge in [0.15, 0.2) is 5.60 Å². The summed E-state index contributed by atoms with van der Waals surface area (Å²) in [4.78, 5) is 28.9. The van der Waals surface area contributed by atoms with Crippen molar-refractivity contribution in [2.75, 3.05) is 38.8 Å². The Morgan fingerprint density at radius 1 is 1.21 bits per heavy atom. The van der Waals surface area contributed by atoms with Crippen molar-refractivity contribution in [3.8, 4) is 5.75 Å². The molecule has 3 heterocycles. The number of benzene rings is 1. The van der Waals surface area contributed by atoms with E-state index in [9.17, 15) is 14.7 Å². The van der Waals surface area contributed by atoms with E-state index in [4.69, 9.17) is 14.2 Å². The summed E-state index contributed by atoms with van der Waals surface area (Å²) in [5.74, 6) is -0.209. The average molecular weight is 471 g/mol. The number of aliphatic hydroxyl groups is 1. The Labute approximate surface area is 200 Å². The van der Waals surface area contributed by atoms with E-state index in [0.29, 0.717) is 6.42 Å². The first-order valence-electron chi connectivity index (χ1n) is 12.0. The maximum absolute atomic E-state index is 12.6. The van der Waals surface area contributed by atoms with Gasteiger partial charge in [-0.3, -0.25) is 14.5 Å². The van der Waals surface area contributed by atoms with E-state index in [1.54, 1.807) is 7.11 Å². The standard InChI is InChI=1S/C26H34N2O6/c1-6-24-10-7-12-28-13-11-25(21(24)28)19-9-8-18(32-5)14-20(19)27(4)22(25)26(31,15-33-16(2)29)23(24)34-17(3)30/h7-10,14,21-23,31H,6,11-13,15H2,1-5H3/t21?,22-,23-,24-,25-,26+/m1/s1. The Bertz CT molecular complexity index is 1060. The van der Waals surface area contributed by atoms with E-state index in [-0.39, 0.29) is 12.6 Å². The van der Waals surface area contributed by atoms with Crippen molar-refractivity contribution in [1.29, 1.82) is 0 Å². The lowest BCUT2D eigenvalue weighted by Crippen LogP contribution is -2.80. The maximum atomic E-state index is 12.6. The monoisotopic (exact) mass is 470 g/mol. The van der Waals surface area contributed by atoms with Crippen molar-refractivity contribution >= 4 is 17.6 Å². The Morgan fingerprint density at radius 3 is 2.62 bits per heavy atom. The molecule has 8 nitrogen and oxygen atoms in total. The van der Waals surface area contributed by atoms with Gasteiger partial charge in [-0.25, -0.2) is 0 Å². The summed E-state index contributed by atoms with van der Waals surface area (Å²) in [6, 6.07) is 5.64. The lowest BCUT2D eigenvalue weighted by Gasteiger charge is -2.64. The van der Waals surface area contributed by atoms with Gasteiger partial charge >= 0.3 is 11.9 Å². The highest BCUT2D eigenvalue weighted by Crippen LogP contribution is 2.67. The topological polar surface area (TPSA) is 88.5 Å². The van der Waals surface area contributed by atoms with Crippen LogP contribution in [0.25, 0.3) is 0 Å². The Morgan fingerprint density at radius 2 is 1.97 bits per heavy atom. The first-order chi connectivity index (χ1) is 16.2. The van der Waals surface area contributed by atoms with Crippen LogP contribution in [0.2, 0.25) is 0 Å². The number of esters is 2. The van der Waals surface area contributed by atoms with Crippen LogP contribution in [-0.4, -0.2) is 79.6 Å². The van der Waals surface area contributed by atoms with Crippen LogP contribution in [0.3, 0.4) is 0 Å². The molecule has 1 spiro atoms. The third-order valence-electron chi connectivity index (χ3n) is 8.72. The molecule has 0 aromatic heterocycles. The molecule has 3 aliphatic heterocycles. The number of rotatable bonds is 5. The van der Waals surface area contributed by atoms with Gasteiger partial charge in [0.05, 0.1) is 13.2 Å². The number of carbonyl (C=O) groups excluding carboxylic acids is 2. The third kappa shape index (κ3) is 2.78. The highest BCUT2D eigenvalue weighted by molar-refractivity contribution is 5.72. The molecule has 0 bridgehead atoms. The number of carbonyl (C=O) groups is 2. The fraction of sp³-hybridized carbons (Fsp3) is 0.615. The number of hydrogen-bond acceptors (Lipinski definition) is 8. The van der Waals surface area contributed by atoms with Crippen molar-refractivity contribution in [3.05, 3.63) is 35.9 Å². The lowest BCUT2D eigenvalue weighted by molar-refractivity contribution is -0.232. The minimum absolute atomic E-state index is 0.0130. The van der Waals surface area contributed by atoms with Gasteiger partial charge in [-0.15, -0.1) is 0 Å².